The van der Waals surface area contributed by atoms with E-state index in [4.69, 9.17) is 4.74 Å². The number of ether oxygens (including phenoxy) is 1. The lowest BCUT2D eigenvalue weighted by Crippen LogP contribution is -1.99. The molecule has 0 N–H and O–H groups in total. The lowest BCUT2D eigenvalue weighted by Gasteiger charge is -2.05. The molecule has 16 heavy (non-hydrogen) atoms. The van der Waals surface area contributed by atoms with Gasteiger partial charge < -0.3 is 4.74 Å². The van der Waals surface area contributed by atoms with Crippen molar-refractivity contribution in [2.75, 3.05) is 0 Å². The molecule has 0 saturated heterocycles. The number of hydrogen-bond donors (Lipinski definition) is 0. The Labute approximate surface area is 91.5 Å². The van der Waals surface area contributed by atoms with Gasteiger partial charge in [-0.3, -0.25) is 4.98 Å². The Kier molecular flexibility index (Phi) is 3.10. The van der Waals surface area contributed by atoms with Gasteiger partial charge in [-0.05, 0) is 24.3 Å². The van der Waals surface area contributed by atoms with E-state index < -0.39 is 11.6 Å². The lowest BCUT2D eigenvalue weighted by molar-refractivity contribution is 0.285. The smallest absolute Gasteiger partial charge is 0.165 e. The van der Waals surface area contributed by atoms with Gasteiger partial charge >= 0.3 is 0 Å². The van der Waals surface area contributed by atoms with Gasteiger partial charge in [0.25, 0.3) is 0 Å². The fourth-order valence-corrected chi connectivity index (χ4v) is 1.21. The van der Waals surface area contributed by atoms with Crippen molar-refractivity contribution in [3.63, 3.8) is 0 Å². The molecule has 2 rings (SSSR count). The number of benzene rings is 1. The molecule has 0 aliphatic carbocycles. The van der Waals surface area contributed by atoms with E-state index in [0.29, 0.717) is 5.69 Å². The van der Waals surface area contributed by atoms with E-state index in [1.807, 2.05) is 0 Å². The molecule has 0 unspecified atom stereocenters. The highest BCUT2D eigenvalue weighted by Crippen LogP contribution is 2.16. The first-order valence-electron chi connectivity index (χ1n) is 4.73. The molecule has 0 saturated carbocycles. The van der Waals surface area contributed by atoms with Crippen molar-refractivity contribution >= 4 is 0 Å². The van der Waals surface area contributed by atoms with Gasteiger partial charge in [0.1, 0.15) is 12.4 Å². The van der Waals surface area contributed by atoms with Gasteiger partial charge in [0.15, 0.2) is 11.6 Å². The highest BCUT2D eigenvalue weighted by atomic mass is 19.1. The summed E-state index contributed by atoms with van der Waals surface area (Å²) in [7, 11) is 0. The van der Waals surface area contributed by atoms with Crippen molar-refractivity contribution in [2.45, 2.75) is 6.61 Å². The van der Waals surface area contributed by atoms with Crippen LogP contribution in [-0.4, -0.2) is 4.98 Å². The van der Waals surface area contributed by atoms with E-state index >= 15 is 0 Å². The van der Waals surface area contributed by atoms with Gasteiger partial charge in [-0.1, -0.05) is 12.1 Å². The second kappa shape index (κ2) is 4.70. The van der Waals surface area contributed by atoms with E-state index in [0.717, 1.165) is 6.20 Å². The van der Waals surface area contributed by atoms with Crippen molar-refractivity contribution in [3.8, 4) is 5.75 Å². The van der Waals surface area contributed by atoms with Crippen molar-refractivity contribution in [1.82, 2.24) is 4.98 Å². The van der Waals surface area contributed by atoms with Crippen LogP contribution in [0.5, 0.6) is 5.75 Å². The zero-order valence-electron chi connectivity index (χ0n) is 8.36. The maximum Gasteiger partial charge on any atom is 0.165 e. The summed E-state index contributed by atoms with van der Waals surface area (Å²) in [6.45, 7) is 0.112. The highest BCUT2D eigenvalue weighted by Gasteiger charge is 2.02. The van der Waals surface area contributed by atoms with Gasteiger partial charge in [-0.2, -0.15) is 0 Å². The predicted molar refractivity (Wildman–Crippen MR) is 54.9 cm³/mol. The average molecular weight is 221 g/mol. The van der Waals surface area contributed by atoms with Crippen LogP contribution >= 0.6 is 0 Å². The van der Waals surface area contributed by atoms with E-state index in [1.165, 1.54) is 24.3 Å². The third kappa shape index (κ3) is 2.53. The Hall–Kier alpha value is -1.97. The van der Waals surface area contributed by atoms with Crippen molar-refractivity contribution in [1.29, 1.82) is 0 Å². The molecule has 1 heterocycles. The molecule has 0 amide bonds. The summed E-state index contributed by atoms with van der Waals surface area (Å²) >= 11 is 0. The summed E-state index contributed by atoms with van der Waals surface area (Å²) in [5.41, 5.74) is 0.546. The first-order valence-corrected chi connectivity index (χ1v) is 4.73. The summed E-state index contributed by atoms with van der Waals surface area (Å²) in [5, 5.41) is 0. The minimum atomic E-state index is -0.426. The van der Waals surface area contributed by atoms with Crippen molar-refractivity contribution in [3.05, 3.63) is 59.9 Å². The van der Waals surface area contributed by atoms with Crippen molar-refractivity contribution in [2.24, 2.45) is 0 Å². The quantitative estimate of drug-likeness (QED) is 0.795. The Morgan fingerprint density at radius 1 is 1.06 bits per heavy atom. The van der Waals surface area contributed by atoms with Crippen LogP contribution in [0.3, 0.4) is 0 Å². The molecule has 0 atom stereocenters. The Morgan fingerprint density at radius 2 is 1.88 bits per heavy atom. The number of pyridine rings is 1. The van der Waals surface area contributed by atoms with Crippen LogP contribution in [0.1, 0.15) is 5.69 Å². The zero-order valence-corrected chi connectivity index (χ0v) is 8.36. The number of halogens is 2. The Morgan fingerprint density at radius 3 is 2.56 bits per heavy atom. The van der Waals surface area contributed by atoms with Gasteiger partial charge in [-0.15, -0.1) is 0 Å². The molecule has 0 aliphatic heterocycles. The number of nitrogens with zero attached hydrogens (tertiary/aromatic N) is 1. The molecule has 2 aromatic rings. The molecule has 4 heteroatoms. The van der Waals surface area contributed by atoms with Crippen LogP contribution in [0.15, 0.2) is 42.6 Å². The molecule has 2 nitrogen and oxygen atoms in total. The summed E-state index contributed by atoms with van der Waals surface area (Å²) in [6.07, 6.45) is 1.10. The standard InChI is InChI=1S/C12H9F2NO/c13-9-5-6-10(15-7-9)8-16-12-4-2-1-3-11(12)14/h1-7H,8H2. The van der Waals surface area contributed by atoms with Gasteiger partial charge in [-0.25, -0.2) is 8.78 Å². The fourth-order valence-electron chi connectivity index (χ4n) is 1.21. The maximum atomic E-state index is 13.2. The highest BCUT2D eigenvalue weighted by molar-refractivity contribution is 5.23. The van der Waals surface area contributed by atoms with Crippen LogP contribution in [0.2, 0.25) is 0 Å². The molecule has 0 fully saturated rings. The predicted octanol–water partition coefficient (Wildman–Crippen LogP) is 2.94. The number of rotatable bonds is 3. The summed E-state index contributed by atoms with van der Waals surface area (Å²) in [4.78, 5) is 3.80. The van der Waals surface area contributed by atoms with E-state index in [2.05, 4.69) is 4.98 Å². The Balaban J connectivity index is 2.02. The molecule has 0 spiro atoms. The summed E-state index contributed by atoms with van der Waals surface area (Å²) in [5.74, 6) is -0.673. The second-order valence-electron chi connectivity index (χ2n) is 3.19. The van der Waals surface area contributed by atoms with Gasteiger partial charge in [0.2, 0.25) is 0 Å². The van der Waals surface area contributed by atoms with Gasteiger partial charge in [0, 0.05) is 0 Å². The maximum absolute atomic E-state index is 13.2. The van der Waals surface area contributed by atoms with Crippen LogP contribution < -0.4 is 4.74 Å². The lowest BCUT2D eigenvalue weighted by atomic mass is 10.3. The average Bonchev–Trinajstić information content (AvgIpc) is 2.30. The second-order valence-corrected chi connectivity index (χ2v) is 3.19. The topological polar surface area (TPSA) is 22.1 Å². The van der Waals surface area contributed by atoms with Crippen molar-refractivity contribution < 1.29 is 13.5 Å². The monoisotopic (exact) mass is 221 g/mol. The first kappa shape index (κ1) is 10.5. The summed E-state index contributed by atoms with van der Waals surface area (Å²) < 4.78 is 30.9. The minimum Gasteiger partial charge on any atom is -0.484 e. The zero-order chi connectivity index (χ0) is 11.4. The third-order valence-electron chi connectivity index (χ3n) is 2.00. The Bertz CT molecular complexity index is 471. The fraction of sp³-hybridized carbons (Fsp3) is 0.0833. The molecule has 82 valence electrons. The SMILES string of the molecule is Fc1ccc(COc2ccccc2F)nc1. The third-order valence-corrected chi connectivity index (χ3v) is 2.00. The van der Waals surface area contributed by atoms with E-state index in [9.17, 15) is 8.78 Å². The van der Waals surface area contributed by atoms with Crippen LogP contribution in [-0.2, 0) is 6.61 Å². The normalized spacial score (nSPS) is 10.1. The minimum absolute atomic E-state index is 0.112. The van der Waals surface area contributed by atoms with Crippen LogP contribution in [0.25, 0.3) is 0 Å². The molecule has 1 aromatic heterocycles. The number of aromatic nitrogens is 1. The molecular formula is C12H9F2NO. The molecule has 1 aromatic carbocycles. The van der Waals surface area contributed by atoms with E-state index in [1.54, 1.807) is 12.1 Å². The molecule has 0 aliphatic rings. The van der Waals surface area contributed by atoms with Crippen LogP contribution in [0.4, 0.5) is 8.78 Å². The molecular weight excluding hydrogens is 212 g/mol. The molecule has 0 radical (unpaired) electrons. The number of hydrogen-bond acceptors (Lipinski definition) is 2. The van der Waals surface area contributed by atoms with Gasteiger partial charge in [0.05, 0.1) is 11.9 Å². The van der Waals surface area contributed by atoms with E-state index in [-0.39, 0.29) is 12.4 Å². The summed E-state index contributed by atoms with van der Waals surface area (Å²) in [6, 6.07) is 8.88. The van der Waals surface area contributed by atoms with Crippen LogP contribution in [0, 0.1) is 11.6 Å². The first-order chi connectivity index (χ1) is 7.75. The molecule has 0 bridgehead atoms. The number of para-hydroxylation sites is 1. The largest absolute Gasteiger partial charge is 0.484 e.